The molecule has 3 heterocycles. The summed E-state index contributed by atoms with van der Waals surface area (Å²) in [5.41, 5.74) is 1.61. The first kappa shape index (κ1) is 17.5. The molecule has 1 aromatic heterocycles. The van der Waals surface area contributed by atoms with Gasteiger partial charge >= 0.3 is 0 Å². The van der Waals surface area contributed by atoms with E-state index in [1.165, 1.54) is 6.42 Å². The van der Waals surface area contributed by atoms with Crippen molar-refractivity contribution >= 4 is 28.6 Å². The van der Waals surface area contributed by atoms with Crippen molar-refractivity contribution < 1.29 is 13.9 Å². The summed E-state index contributed by atoms with van der Waals surface area (Å²) in [6, 6.07) is 5.53. The van der Waals surface area contributed by atoms with Crippen LogP contribution in [0.15, 0.2) is 22.6 Å². The molecule has 2 aromatic rings. The maximum atomic E-state index is 13.0. The number of benzene rings is 1. The van der Waals surface area contributed by atoms with Crippen LogP contribution in [0, 0.1) is 5.92 Å². The molecule has 1 atom stereocenters. The van der Waals surface area contributed by atoms with E-state index in [0.717, 1.165) is 75.2 Å². The molecule has 2 saturated heterocycles. The smallest absolute Gasteiger partial charge is 0.225 e. The number of amides is 1. The Hall–Kier alpha value is -1.59. The second kappa shape index (κ2) is 6.78. The number of fused-ring (bicyclic) bond motifs is 1. The molecule has 27 heavy (non-hydrogen) atoms. The molecule has 6 heteroatoms. The molecule has 0 N–H and O–H groups in total. The molecule has 1 saturated carbocycles. The molecule has 5 rings (SSSR count). The van der Waals surface area contributed by atoms with Gasteiger partial charge in [0, 0.05) is 36.6 Å². The first-order valence-corrected chi connectivity index (χ1v) is 10.5. The fourth-order valence-electron chi connectivity index (χ4n) is 4.86. The molecule has 1 aliphatic carbocycles. The number of likely N-dealkylation sites (tertiary alicyclic amines) is 1. The van der Waals surface area contributed by atoms with Crippen molar-refractivity contribution in [2.75, 3.05) is 19.7 Å². The van der Waals surface area contributed by atoms with Gasteiger partial charge in [0.05, 0.1) is 5.60 Å². The number of oxazole rings is 1. The van der Waals surface area contributed by atoms with Gasteiger partial charge in [0.25, 0.3) is 0 Å². The lowest BCUT2D eigenvalue weighted by Gasteiger charge is -2.47. The lowest BCUT2D eigenvalue weighted by molar-refractivity contribution is -0.163. The number of hydrogen-bond acceptors (Lipinski definition) is 4. The number of nitrogens with zero attached hydrogens (tertiary/aromatic N) is 2. The van der Waals surface area contributed by atoms with Crippen LogP contribution in [0.3, 0.4) is 0 Å². The number of hydrogen-bond donors (Lipinski definition) is 0. The van der Waals surface area contributed by atoms with Crippen molar-refractivity contribution in [1.29, 1.82) is 0 Å². The van der Waals surface area contributed by atoms with Gasteiger partial charge in [0.1, 0.15) is 5.52 Å². The molecule has 0 radical (unpaired) electrons. The zero-order valence-corrected chi connectivity index (χ0v) is 16.2. The van der Waals surface area contributed by atoms with E-state index in [0.29, 0.717) is 10.9 Å². The van der Waals surface area contributed by atoms with E-state index >= 15 is 0 Å². The van der Waals surface area contributed by atoms with Crippen LogP contribution in [0.25, 0.3) is 11.1 Å². The molecule has 3 fully saturated rings. The van der Waals surface area contributed by atoms with Crippen LogP contribution in [0.4, 0.5) is 0 Å². The predicted molar refractivity (Wildman–Crippen MR) is 103 cm³/mol. The summed E-state index contributed by atoms with van der Waals surface area (Å²) in [5.74, 6) is 1.51. The second-order valence-electron chi connectivity index (χ2n) is 8.34. The summed E-state index contributed by atoms with van der Waals surface area (Å²) in [7, 11) is 0. The van der Waals surface area contributed by atoms with Crippen LogP contribution < -0.4 is 0 Å². The fraction of sp³-hybridized carbons (Fsp3) is 0.619. The van der Waals surface area contributed by atoms with Gasteiger partial charge in [-0.1, -0.05) is 11.6 Å². The number of carbonyl (C=O) groups is 1. The Morgan fingerprint density at radius 3 is 2.78 bits per heavy atom. The molecule has 0 bridgehead atoms. The van der Waals surface area contributed by atoms with Crippen molar-refractivity contribution in [2.24, 2.45) is 5.92 Å². The summed E-state index contributed by atoms with van der Waals surface area (Å²) >= 11 is 6.04. The maximum Gasteiger partial charge on any atom is 0.225 e. The van der Waals surface area contributed by atoms with E-state index in [1.54, 1.807) is 0 Å². The summed E-state index contributed by atoms with van der Waals surface area (Å²) in [6.45, 7) is 2.30. The van der Waals surface area contributed by atoms with Gasteiger partial charge in [0.2, 0.25) is 5.91 Å². The fourth-order valence-corrected chi connectivity index (χ4v) is 5.02. The Bertz CT molecular complexity index is 852. The number of halogens is 1. The van der Waals surface area contributed by atoms with E-state index < -0.39 is 0 Å². The quantitative estimate of drug-likeness (QED) is 0.758. The normalized spacial score (nSPS) is 25.7. The highest BCUT2D eigenvalue weighted by molar-refractivity contribution is 6.31. The van der Waals surface area contributed by atoms with Crippen LogP contribution in [0.1, 0.15) is 56.8 Å². The predicted octanol–water partition coefficient (Wildman–Crippen LogP) is 4.54. The first-order chi connectivity index (χ1) is 13.1. The number of carbonyl (C=O) groups excluding carboxylic acids is 1. The van der Waals surface area contributed by atoms with Crippen molar-refractivity contribution in [3.8, 4) is 0 Å². The number of rotatable bonds is 2. The lowest BCUT2D eigenvalue weighted by atomic mass is 9.71. The highest BCUT2D eigenvalue weighted by atomic mass is 35.5. The van der Waals surface area contributed by atoms with E-state index in [9.17, 15) is 4.79 Å². The molecular weight excluding hydrogens is 364 g/mol. The van der Waals surface area contributed by atoms with Gasteiger partial charge in [-0.2, -0.15) is 0 Å². The van der Waals surface area contributed by atoms with E-state index in [2.05, 4.69) is 9.88 Å². The number of ether oxygens (including phenoxy) is 1. The second-order valence-corrected chi connectivity index (χ2v) is 8.77. The average Bonchev–Trinajstić information content (AvgIpc) is 3.09. The largest absolute Gasteiger partial charge is 0.440 e. The van der Waals surface area contributed by atoms with Gasteiger partial charge in [-0.25, -0.2) is 4.98 Å². The van der Waals surface area contributed by atoms with Gasteiger partial charge in [-0.05, 0) is 63.1 Å². The van der Waals surface area contributed by atoms with E-state index in [-0.39, 0.29) is 17.4 Å². The Morgan fingerprint density at radius 2 is 2.04 bits per heavy atom. The van der Waals surface area contributed by atoms with E-state index in [1.807, 2.05) is 18.2 Å². The summed E-state index contributed by atoms with van der Waals surface area (Å²) in [6.07, 6.45) is 7.08. The van der Waals surface area contributed by atoms with Crippen LogP contribution >= 0.6 is 11.6 Å². The van der Waals surface area contributed by atoms with Crippen LogP contribution in [0.5, 0.6) is 0 Å². The number of aromatic nitrogens is 1. The Morgan fingerprint density at radius 1 is 1.22 bits per heavy atom. The Kier molecular flexibility index (Phi) is 4.40. The van der Waals surface area contributed by atoms with Crippen LogP contribution in [-0.4, -0.2) is 41.1 Å². The SMILES string of the molecule is O=C(C1CCOC2(CCC2)C1)N1CCC(c2nc3cc(Cl)ccc3o2)CC1. The minimum Gasteiger partial charge on any atom is -0.440 e. The topological polar surface area (TPSA) is 55.6 Å². The van der Waals surface area contributed by atoms with Gasteiger partial charge in [0.15, 0.2) is 11.5 Å². The maximum absolute atomic E-state index is 13.0. The Balaban J connectivity index is 1.22. The standard InChI is InChI=1S/C21H25ClN2O3/c22-16-2-3-18-17(12-16)23-19(27-18)14-4-9-24(10-5-14)20(25)15-6-11-26-21(13-15)7-1-8-21/h2-3,12,14-15H,1,4-11,13H2. The van der Waals surface area contributed by atoms with E-state index in [4.69, 9.17) is 20.8 Å². The molecule has 1 spiro atoms. The summed E-state index contributed by atoms with van der Waals surface area (Å²) < 4.78 is 11.9. The third kappa shape index (κ3) is 3.25. The highest BCUT2D eigenvalue weighted by Gasteiger charge is 2.45. The monoisotopic (exact) mass is 388 g/mol. The lowest BCUT2D eigenvalue weighted by Crippen LogP contribution is -2.50. The summed E-state index contributed by atoms with van der Waals surface area (Å²) in [5, 5.41) is 0.670. The van der Waals surface area contributed by atoms with Crippen LogP contribution in [0.2, 0.25) is 5.02 Å². The Labute approximate surface area is 164 Å². The molecular formula is C21H25ClN2O3. The third-order valence-corrected chi connectivity index (χ3v) is 6.86. The van der Waals surface area contributed by atoms with Gasteiger partial charge < -0.3 is 14.1 Å². The molecule has 5 nitrogen and oxygen atoms in total. The van der Waals surface area contributed by atoms with Gasteiger partial charge in [-0.3, -0.25) is 4.79 Å². The average molecular weight is 389 g/mol. The molecule has 2 aliphatic heterocycles. The summed E-state index contributed by atoms with van der Waals surface area (Å²) in [4.78, 5) is 19.7. The van der Waals surface area contributed by atoms with Crippen LogP contribution in [-0.2, 0) is 9.53 Å². The van der Waals surface area contributed by atoms with Crippen molar-refractivity contribution in [1.82, 2.24) is 9.88 Å². The molecule has 1 amide bonds. The molecule has 1 unspecified atom stereocenters. The molecule has 3 aliphatic rings. The van der Waals surface area contributed by atoms with Crippen molar-refractivity contribution in [2.45, 2.75) is 56.5 Å². The number of piperidine rings is 1. The van der Waals surface area contributed by atoms with Crippen molar-refractivity contribution in [3.05, 3.63) is 29.1 Å². The molecule has 1 aromatic carbocycles. The molecule has 144 valence electrons. The highest BCUT2D eigenvalue weighted by Crippen LogP contribution is 2.45. The zero-order chi connectivity index (χ0) is 18.4. The third-order valence-electron chi connectivity index (χ3n) is 6.63. The van der Waals surface area contributed by atoms with Gasteiger partial charge in [-0.15, -0.1) is 0 Å². The van der Waals surface area contributed by atoms with Crippen molar-refractivity contribution in [3.63, 3.8) is 0 Å². The minimum atomic E-state index is 0.0242. The minimum absolute atomic E-state index is 0.0242. The first-order valence-electron chi connectivity index (χ1n) is 10.1. The zero-order valence-electron chi connectivity index (χ0n) is 15.5.